The molecule has 0 aliphatic carbocycles. The van der Waals surface area contributed by atoms with Gasteiger partial charge in [-0.1, -0.05) is 66.6 Å². The summed E-state index contributed by atoms with van der Waals surface area (Å²) < 4.78 is 0. The van der Waals surface area contributed by atoms with Gasteiger partial charge in [0.05, 0.1) is 6.07 Å². The fourth-order valence-corrected chi connectivity index (χ4v) is 4.44. The molecule has 0 aromatic heterocycles. The predicted octanol–water partition coefficient (Wildman–Crippen LogP) is 6.55. The van der Waals surface area contributed by atoms with Crippen LogP contribution < -0.4 is 0 Å². The number of unbranched alkanes of at least 4 members (excludes halogenated alkanes) is 4. The maximum absolute atomic E-state index is 8.64. The summed E-state index contributed by atoms with van der Waals surface area (Å²) in [4.78, 5) is 3.78. The molecule has 0 fully saturated rings. The molecule has 3 rings (SSSR count). The van der Waals surface area contributed by atoms with E-state index in [-0.39, 0.29) is 0 Å². The van der Waals surface area contributed by atoms with Crippen LogP contribution in [0.1, 0.15) is 54.2 Å². The molecule has 2 nitrogen and oxygen atoms in total. The van der Waals surface area contributed by atoms with Crippen LogP contribution in [0.25, 0.3) is 6.08 Å². The van der Waals surface area contributed by atoms with Crippen LogP contribution in [0.5, 0.6) is 0 Å². The standard InChI is InChI=1S/C23H26N2S/c1-19-11-13-21(14-12-19)26-23-22-10-6-5-9-20(22)15-18-25(23)17-8-4-2-3-7-16-24/h5-6,9-15,18,23H,2-4,7-8,17H2,1H3. The van der Waals surface area contributed by atoms with Gasteiger partial charge in [0.2, 0.25) is 0 Å². The highest BCUT2D eigenvalue weighted by Crippen LogP contribution is 2.42. The Balaban J connectivity index is 1.68. The Kier molecular flexibility index (Phi) is 6.80. The monoisotopic (exact) mass is 362 g/mol. The van der Waals surface area contributed by atoms with Gasteiger partial charge in [-0.15, -0.1) is 0 Å². The Morgan fingerprint density at radius 2 is 1.77 bits per heavy atom. The van der Waals surface area contributed by atoms with E-state index in [1.807, 2.05) is 11.8 Å². The summed E-state index contributed by atoms with van der Waals surface area (Å²) in [6, 6.07) is 19.8. The van der Waals surface area contributed by atoms with Gasteiger partial charge in [0.25, 0.3) is 0 Å². The average molecular weight is 363 g/mol. The zero-order valence-electron chi connectivity index (χ0n) is 15.4. The van der Waals surface area contributed by atoms with Gasteiger partial charge in [-0.05, 0) is 49.1 Å². The topological polar surface area (TPSA) is 27.0 Å². The predicted molar refractivity (Wildman–Crippen MR) is 111 cm³/mol. The zero-order chi connectivity index (χ0) is 18.2. The van der Waals surface area contributed by atoms with Gasteiger partial charge in [0.1, 0.15) is 5.37 Å². The van der Waals surface area contributed by atoms with Gasteiger partial charge >= 0.3 is 0 Å². The molecule has 26 heavy (non-hydrogen) atoms. The largest absolute Gasteiger partial charge is 0.361 e. The van der Waals surface area contributed by atoms with E-state index >= 15 is 0 Å². The molecule has 2 aromatic carbocycles. The van der Waals surface area contributed by atoms with Crippen molar-refractivity contribution in [1.29, 1.82) is 5.26 Å². The third kappa shape index (κ3) is 4.93. The van der Waals surface area contributed by atoms with E-state index in [1.54, 1.807) is 0 Å². The first kappa shape index (κ1) is 18.6. The molecule has 0 saturated carbocycles. The Labute approximate surface area is 161 Å². The van der Waals surface area contributed by atoms with Gasteiger partial charge in [-0.25, -0.2) is 0 Å². The summed E-state index contributed by atoms with van der Waals surface area (Å²) in [6.45, 7) is 3.19. The normalized spacial score (nSPS) is 15.5. The van der Waals surface area contributed by atoms with Gasteiger partial charge < -0.3 is 4.90 Å². The maximum Gasteiger partial charge on any atom is 0.105 e. The maximum atomic E-state index is 8.64. The molecule has 1 heterocycles. The molecule has 0 radical (unpaired) electrons. The molecule has 134 valence electrons. The molecule has 1 aliphatic heterocycles. The number of hydrogen-bond acceptors (Lipinski definition) is 3. The van der Waals surface area contributed by atoms with Crippen LogP contribution in [0.4, 0.5) is 0 Å². The van der Waals surface area contributed by atoms with E-state index in [4.69, 9.17) is 5.26 Å². The fourth-order valence-electron chi connectivity index (χ4n) is 3.24. The Bertz CT molecular complexity index is 774. The summed E-state index contributed by atoms with van der Waals surface area (Å²) in [6.07, 6.45) is 9.70. The average Bonchev–Trinajstić information content (AvgIpc) is 2.67. The number of nitriles is 1. The molecule has 0 spiro atoms. The smallest absolute Gasteiger partial charge is 0.105 e. The summed E-state index contributed by atoms with van der Waals surface area (Å²) in [5.74, 6) is 0. The lowest BCUT2D eigenvalue weighted by atomic mass is 10.0. The Morgan fingerprint density at radius 1 is 1.00 bits per heavy atom. The highest BCUT2D eigenvalue weighted by atomic mass is 32.2. The minimum Gasteiger partial charge on any atom is -0.361 e. The van der Waals surface area contributed by atoms with Crippen LogP contribution in [0.3, 0.4) is 0 Å². The van der Waals surface area contributed by atoms with Crippen LogP contribution in [0.2, 0.25) is 0 Å². The number of fused-ring (bicyclic) bond motifs is 1. The van der Waals surface area contributed by atoms with Crippen LogP contribution in [0, 0.1) is 18.3 Å². The molecule has 0 amide bonds. The van der Waals surface area contributed by atoms with Crippen molar-refractivity contribution in [3.63, 3.8) is 0 Å². The molecule has 1 unspecified atom stereocenters. The summed E-state index contributed by atoms with van der Waals surface area (Å²) in [7, 11) is 0. The lowest BCUT2D eigenvalue weighted by Crippen LogP contribution is -2.25. The molecule has 0 N–H and O–H groups in total. The summed E-state index contributed by atoms with van der Waals surface area (Å²) >= 11 is 1.93. The number of rotatable bonds is 8. The van der Waals surface area contributed by atoms with Crippen molar-refractivity contribution < 1.29 is 0 Å². The fraction of sp³-hybridized carbons (Fsp3) is 0.348. The molecule has 1 atom stereocenters. The van der Waals surface area contributed by atoms with Crippen molar-refractivity contribution in [3.05, 3.63) is 71.4 Å². The third-order valence-corrected chi connectivity index (χ3v) is 6.02. The first-order valence-electron chi connectivity index (χ1n) is 9.41. The SMILES string of the molecule is Cc1ccc(SC2c3ccccc3C=CN2CCCCCCC#N)cc1. The minimum absolute atomic E-state index is 0.318. The lowest BCUT2D eigenvalue weighted by molar-refractivity contribution is 0.345. The van der Waals surface area contributed by atoms with E-state index in [2.05, 4.69) is 78.7 Å². The zero-order valence-corrected chi connectivity index (χ0v) is 16.2. The van der Waals surface area contributed by atoms with E-state index in [9.17, 15) is 0 Å². The lowest BCUT2D eigenvalue weighted by Gasteiger charge is -2.34. The van der Waals surface area contributed by atoms with Crippen molar-refractivity contribution in [2.24, 2.45) is 0 Å². The van der Waals surface area contributed by atoms with Crippen LogP contribution in [-0.4, -0.2) is 11.4 Å². The Hall–Kier alpha value is -2.18. The molecule has 0 saturated heterocycles. The molecule has 0 bridgehead atoms. The second-order valence-electron chi connectivity index (χ2n) is 6.79. The minimum atomic E-state index is 0.318. The molecular formula is C23H26N2S. The third-order valence-electron chi connectivity index (χ3n) is 4.73. The van der Waals surface area contributed by atoms with Gasteiger partial charge in [0.15, 0.2) is 0 Å². The van der Waals surface area contributed by atoms with E-state index in [0.29, 0.717) is 11.8 Å². The number of aryl methyl sites for hydroxylation is 1. The molecule has 1 aliphatic rings. The first-order chi connectivity index (χ1) is 12.8. The molecular weight excluding hydrogens is 336 g/mol. The van der Waals surface area contributed by atoms with Gasteiger partial charge in [-0.2, -0.15) is 5.26 Å². The number of thioether (sulfide) groups is 1. The van der Waals surface area contributed by atoms with Crippen molar-refractivity contribution in [3.8, 4) is 6.07 Å². The van der Waals surface area contributed by atoms with Gasteiger partial charge in [0, 0.05) is 24.1 Å². The van der Waals surface area contributed by atoms with E-state index < -0.39 is 0 Å². The highest BCUT2D eigenvalue weighted by Gasteiger charge is 2.24. The Morgan fingerprint density at radius 3 is 2.58 bits per heavy atom. The van der Waals surface area contributed by atoms with Crippen LogP contribution >= 0.6 is 11.8 Å². The van der Waals surface area contributed by atoms with Crippen molar-refractivity contribution in [2.45, 2.75) is 49.3 Å². The quantitative estimate of drug-likeness (QED) is 0.498. The first-order valence-corrected chi connectivity index (χ1v) is 10.3. The summed E-state index contributed by atoms with van der Waals surface area (Å²) in [5.41, 5.74) is 4.01. The van der Waals surface area contributed by atoms with E-state index in [1.165, 1.54) is 34.4 Å². The van der Waals surface area contributed by atoms with Crippen LogP contribution in [0.15, 0.2) is 59.6 Å². The number of benzene rings is 2. The summed E-state index contributed by atoms with van der Waals surface area (Å²) in [5, 5.41) is 8.96. The second kappa shape index (κ2) is 9.50. The van der Waals surface area contributed by atoms with Gasteiger partial charge in [-0.3, -0.25) is 0 Å². The van der Waals surface area contributed by atoms with Crippen molar-refractivity contribution in [1.82, 2.24) is 4.90 Å². The van der Waals surface area contributed by atoms with Crippen molar-refractivity contribution in [2.75, 3.05) is 6.54 Å². The van der Waals surface area contributed by atoms with Crippen LogP contribution in [-0.2, 0) is 0 Å². The number of hydrogen-bond donors (Lipinski definition) is 0. The highest BCUT2D eigenvalue weighted by molar-refractivity contribution is 7.99. The van der Waals surface area contributed by atoms with Crippen molar-refractivity contribution >= 4 is 17.8 Å². The molecule has 2 aromatic rings. The second-order valence-corrected chi connectivity index (χ2v) is 7.94. The van der Waals surface area contributed by atoms with E-state index in [0.717, 1.165) is 19.4 Å². The molecule has 3 heteroatoms. The number of nitrogens with zero attached hydrogens (tertiary/aromatic N) is 2.